The van der Waals surface area contributed by atoms with Crippen molar-refractivity contribution in [3.05, 3.63) is 60.2 Å². The fourth-order valence-corrected chi connectivity index (χ4v) is 5.95. The maximum atomic E-state index is 13.6. The zero-order valence-electron chi connectivity index (χ0n) is 23.8. The molecular weight excluding hydrogens is 554 g/mol. The average Bonchev–Trinajstić information content (AvgIpc) is 2.94. The van der Waals surface area contributed by atoms with Gasteiger partial charge in [-0.05, 0) is 48.1 Å². The van der Waals surface area contributed by atoms with Gasteiger partial charge in [-0.2, -0.15) is 4.31 Å². The molecule has 2 aromatic carbocycles. The van der Waals surface area contributed by atoms with Crippen LogP contribution in [0.4, 0.5) is 0 Å². The summed E-state index contributed by atoms with van der Waals surface area (Å²) in [5.41, 5.74) is 0.852. The molecule has 2 aromatic rings. The lowest BCUT2D eigenvalue weighted by molar-refractivity contribution is -0.130. The number of amides is 2. The van der Waals surface area contributed by atoms with Crippen LogP contribution in [0.1, 0.15) is 39.7 Å². The molecule has 0 aromatic heterocycles. The normalized spacial score (nSPS) is 14.8. The van der Waals surface area contributed by atoms with E-state index >= 15 is 0 Å². The zero-order chi connectivity index (χ0) is 29.9. The number of hydrogen-bond acceptors (Lipinski definition) is 6. The Morgan fingerprint density at radius 1 is 1.00 bits per heavy atom. The number of aliphatic hydroxyl groups excluding tert-OH is 1. The monoisotopic (exact) mass is 595 g/mol. The molecule has 0 fully saturated rings. The number of nitrogens with zero attached hydrogens (tertiary/aromatic N) is 1. The third kappa shape index (κ3) is 9.76. The van der Waals surface area contributed by atoms with Crippen LogP contribution in [0.5, 0.6) is 5.75 Å². The molecule has 0 aliphatic rings. The SMILES string of the molecule is CCC(C)[C@H](NC(=O)CCl)C(=O)N[C@@H](Cc1ccccc1)[C@H](O)CN(CC(C)C)S(=O)(=O)c1ccc(OC)cc1. The molecule has 9 nitrogen and oxygen atoms in total. The topological polar surface area (TPSA) is 125 Å². The predicted octanol–water partition coefficient (Wildman–Crippen LogP) is 3.20. The van der Waals surface area contributed by atoms with Gasteiger partial charge in [0.25, 0.3) is 0 Å². The molecule has 0 heterocycles. The van der Waals surface area contributed by atoms with E-state index in [-0.39, 0.29) is 42.1 Å². The molecule has 4 atom stereocenters. The first kappa shape index (κ1) is 33.5. The van der Waals surface area contributed by atoms with Crippen LogP contribution < -0.4 is 15.4 Å². The first-order valence-electron chi connectivity index (χ1n) is 13.4. The summed E-state index contributed by atoms with van der Waals surface area (Å²) in [6, 6.07) is 13.7. The zero-order valence-corrected chi connectivity index (χ0v) is 25.4. The van der Waals surface area contributed by atoms with Crippen LogP contribution >= 0.6 is 11.6 Å². The number of methoxy groups -OCH3 is 1. The summed E-state index contributed by atoms with van der Waals surface area (Å²) in [7, 11) is -2.47. The third-order valence-electron chi connectivity index (χ3n) is 6.68. The molecule has 0 aliphatic heterocycles. The summed E-state index contributed by atoms with van der Waals surface area (Å²) in [6.45, 7) is 7.45. The minimum absolute atomic E-state index is 0.0251. The number of ether oxygens (including phenoxy) is 1. The van der Waals surface area contributed by atoms with Crippen LogP contribution in [0.25, 0.3) is 0 Å². The van der Waals surface area contributed by atoms with Gasteiger partial charge >= 0.3 is 0 Å². The fraction of sp³-hybridized carbons (Fsp3) is 0.517. The van der Waals surface area contributed by atoms with Gasteiger partial charge in [-0.3, -0.25) is 9.59 Å². The summed E-state index contributed by atoms with van der Waals surface area (Å²) in [5, 5.41) is 17.0. The Balaban J connectivity index is 2.38. The van der Waals surface area contributed by atoms with Gasteiger partial charge in [0, 0.05) is 13.1 Å². The maximum absolute atomic E-state index is 13.6. The van der Waals surface area contributed by atoms with Crippen molar-refractivity contribution in [2.45, 2.75) is 63.6 Å². The second kappa shape index (κ2) is 16.0. The van der Waals surface area contributed by atoms with Crippen molar-refractivity contribution < 1.29 is 27.9 Å². The number of carbonyl (C=O) groups is 2. The number of nitrogens with one attached hydrogen (secondary N) is 2. The summed E-state index contributed by atoms with van der Waals surface area (Å²) in [4.78, 5) is 25.5. The smallest absolute Gasteiger partial charge is 0.243 e. The van der Waals surface area contributed by atoms with Crippen molar-refractivity contribution in [1.29, 1.82) is 0 Å². The molecule has 3 N–H and O–H groups in total. The average molecular weight is 596 g/mol. The van der Waals surface area contributed by atoms with E-state index in [1.54, 1.807) is 12.1 Å². The summed E-state index contributed by atoms with van der Waals surface area (Å²) < 4.78 is 33.6. The third-order valence-corrected chi connectivity index (χ3v) is 8.77. The number of carbonyl (C=O) groups excluding carboxylic acids is 2. The fourth-order valence-electron chi connectivity index (χ4n) is 4.25. The number of hydrogen-bond donors (Lipinski definition) is 3. The minimum Gasteiger partial charge on any atom is -0.497 e. The highest BCUT2D eigenvalue weighted by atomic mass is 35.5. The van der Waals surface area contributed by atoms with Crippen LogP contribution in [0.3, 0.4) is 0 Å². The Bertz CT molecular complexity index is 1180. The standard InChI is InChI=1S/C29H42ClN3O6S/c1-6-21(4)28(32-27(35)17-30)29(36)31-25(16-22-10-8-7-9-11-22)26(34)19-33(18-20(2)3)40(37,38)24-14-12-23(39-5)13-15-24/h7-15,20-21,25-26,28,34H,6,16-19H2,1-5H3,(H,31,36)(H,32,35)/t21?,25-,26+,28-/m0/s1. The van der Waals surface area contributed by atoms with Crippen LogP contribution in [0.15, 0.2) is 59.5 Å². The lowest BCUT2D eigenvalue weighted by Crippen LogP contribution is -2.57. The number of alkyl halides is 1. The molecule has 0 saturated heterocycles. The molecular formula is C29H42ClN3O6S. The second-order valence-corrected chi connectivity index (χ2v) is 12.5. The molecule has 0 radical (unpaired) electrons. The van der Waals surface area contributed by atoms with E-state index in [2.05, 4.69) is 10.6 Å². The van der Waals surface area contributed by atoms with Gasteiger partial charge < -0.3 is 20.5 Å². The number of sulfonamides is 1. The van der Waals surface area contributed by atoms with E-state index in [0.717, 1.165) is 5.56 Å². The lowest BCUT2D eigenvalue weighted by atomic mass is 9.96. The van der Waals surface area contributed by atoms with Crippen molar-refractivity contribution in [3.63, 3.8) is 0 Å². The quantitative estimate of drug-likeness (QED) is 0.256. The van der Waals surface area contributed by atoms with Crippen LogP contribution in [-0.4, -0.2) is 73.9 Å². The molecule has 0 saturated carbocycles. The molecule has 0 aliphatic carbocycles. The van der Waals surface area contributed by atoms with E-state index < -0.39 is 40.0 Å². The Hall–Kier alpha value is -2.66. The van der Waals surface area contributed by atoms with Crippen LogP contribution in [0.2, 0.25) is 0 Å². The Morgan fingerprint density at radius 3 is 2.15 bits per heavy atom. The van der Waals surface area contributed by atoms with E-state index in [4.69, 9.17) is 16.3 Å². The number of benzene rings is 2. The van der Waals surface area contributed by atoms with Crippen LogP contribution in [0, 0.1) is 11.8 Å². The van der Waals surface area contributed by atoms with Crippen molar-refractivity contribution in [2.24, 2.45) is 11.8 Å². The van der Waals surface area contributed by atoms with Gasteiger partial charge in [-0.1, -0.05) is 64.4 Å². The largest absolute Gasteiger partial charge is 0.497 e. The first-order chi connectivity index (χ1) is 18.9. The Morgan fingerprint density at radius 2 is 1.62 bits per heavy atom. The first-order valence-corrected chi connectivity index (χ1v) is 15.4. The van der Waals surface area contributed by atoms with Gasteiger partial charge in [0.15, 0.2) is 0 Å². The molecule has 0 bridgehead atoms. The Kier molecular flexibility index (Phi) is 13.4. The molecule has 2 rings (SSSR count). The maximum Gasteiger partial charge on any atom is 0.243 e. The van der Waals surface area contributed by atoms with E-state index in [1.807, 2.05) is 58.0 Å². The van der Waals surface area contributed by atoms with E-state index in [1.165, 1.54) is 23.5 Å². The molecule has 222 valence electrons. The van der Waals surface area contributed by atoms with Gasteiger partial charge in [0.1, 0.15) is 17.7 Å². The van der Waals surface area contributed by atoms with Crippen molar-refractivity contribution in [1.82, 2.24) is 14.9 Å². The van der Waals surface area contributed by atoms with Crippen molar-refractivity contribution >= 4 is 33.4 Å². The summed E-state index contributed by atoms with van der Waals surface area (Å²) >= 11 is 5.67. The van der Waals surface area contributed by atoms with Crippen LogP contribution in [-0.2, 0) is 26.0 Å². The van der Waals surface area contributed by atoms with Gasteiger partial charge in [-0.25, -0.2) is 8.42 Å². The van der Waals surface area contributed by atoms with Gasteiger partial charge in [0.2, 0.25) is 21.8 Å². The highest BCUT2D eigenvalue weighted by molar-refractivity contribution is 7.89. The Labute approximate surface area is 243 Å². The highest BCUT2D eigenvalue weighted by Gasteiger charge is 2.33. The summed E-state index contributed by atoms with van der Waals surface area (Å²) in [5.74, 6) is -0.934. The van der Waals surface area contributed by atoms with E-state index in [9.17, 15) is 23.1 Å². The molecule has 1 unspecified atom stereocenters. The predicted molar refractivity (Wildman–Crippen MR) is 157 cm³/mol. The minimum atomic E-state index is -3.97. The van der Waals surface area contributed by atoms with Gasteiger partial charge in [0.05, 0.1) is 24.2 Å². The van der Waals surface area contributed by atoms with E-state index in [0.29, 0.717) is 12.2 Å². The number of halogens is 1. The number of aliphatic hydroxyl groups is 1. The van der Waals surface area contributed by atoms with Crippen molar-refractivity contribution in [3.8, 4) is 5.75 Å². The highest BCUT2D eigenvalue weighted by Crippen LogP contribution is 2.22. The van der Waals surface area contributed by atoms with Crippen molar-refractivity contribution in [2.75, 3.05) is 26.1 Å². The molecule has 2 amide bonds. The second-order valence-electron chi connectivity index (χ2n) is 10.3. The molecule has 40 heavy (non-hydrogen) atoms. The lowest BCUT2D eigenvalue weighted by Gasteiger charge is -2.32. The van der Waals surface area contributed by atoms with Gasteiger partial charge in [-0.15, -0.1) is 11.6 Å². The number of rotatable bonds is 16. The molecule has 11 heteroatoms. The molecule has 0 spiro atoms. The summed E-state index contributed by atoms with van der Waals surface area (Å²) in [6.07, 6.45) is -0.380.